The van der Waals surface area contributed by atoms with Gasteiger partial charge in [0, 0.05) is 19.8 Å². The molecule has 9 nitrogen and oxygen atoms in total. The Morgan fingerprint density at radius 1 is 0.822 bits per heavy atom. The summed E-state index contributed by atoms with van der Waals surface area (Å²) >= 11 is 0. The molecule has 12 atom stereocenters. The summed E-state index contributed by atoms with van der Waals surface area (Å²) in [5.41, 5.74) is -3.02. The van der Waals surface area contributed by atoms with Gasteiger partial charge in [0.2, 0.25) is 0 Å². The van der Waals surface area contributed by atoms with Crippen molar-refractivity contribution >= 4 is 23.9 Å². The highest BCUT2D eigenvalue weighted by Gasteiger charge is 2.74. The fourth-order valence-electron chi connectivity index (χ4n) is 12.0. The van der Waals surface area contributed by atoms with E-state index in [0.717, 1.165) is 24.8 Å². The topological polar surface area (TPSA) is 125 Å². The first kappa shape index (κ1) is 33.9. The number of hydrogen-bond donors (Lipinski definition) is 1. The van der Waals surface area contributed by atoms with Crippen molar-refractivity contribution in [3.63, 3.8) is 0 Å². The molecule has 0 amide bonds. The first-order chi connectivity index (χ1) is 20.8. The molecule has 45 heavy (non-hydrogen) atoms. The van der Waals surface area contributed by atoms with Gasteiger partial charge in [0.15, 0.2) is 6.10 Å². The number of hydrogen-bond acceptors (Lipinski definition) is 9. The van der Waals surface area contributed by atoms with Crippen molar-refractivity contribution in [1.82, 2.24) is 0 Å². The number of methoxy groups -OCH3 is 2. The second kappa shape index (κ2) is 10.8. The van der Waals surface area contributed by atoms with Crippen LogP contribution in [0.3, 0.4) is 0 Å². The maximum Gasteiger partial charge on any atom is 0.315 e. The van der Waals surface area contributed by atoms with E-state index in [1.54, 1.807) is 0 Å². The van der Waals surface area contributed by atoms with Gasteiger partial charge in [-0.3, -0.25) is 19.2 Å². The van der Waals surface area contributed by atoms with Gasteiger partial charge in [0.25, 0.3) is 0 Å². The molecule has 0 bridgehead atoms. The molecule has 9 heteroatoms. The predicted octanol–water partition coefficient (Wildman–Crippen LogP) is 5.56. The highest BCUT2D eigenvalue weighted by Crippen LogP contribution is 2.76. The van der Waals surface area contributed by atoms with Crippen LogP contribution in [0.5, 0.6) is 0 Å². The molecule has 5 rings (SSSR count). The Kier molecular flexibility index (Phi) is 8.15. The van der Waals surface area contributed by atoms with E-state index in [-0.39, 0.29) is 40.5 Å². The van der Waals surface area contributed by atoms with Crippen LogP contribution >= 0.6 is 0 Å². The second-order valence-electron chi connectivity index (χ2n) is 16.2. The Morgan fingerprint density at radius 2 is 1.44 bits per heavy atom. The molecule has 0 radical (unpaired) electrons. The number of rotatable bonds is 4. The quantitative estimate of drug-likeness (QED) is 0.241. The lowest BCUT2D eigenvalue weighted by molar-refractivity contribution is -0.253. The maximum absolute atomic E-state index is 13.8. The molecule has 5 aliphatic carbocycles. The van der Waals surface area contributed by atoms with Gasteiger partial charge in [-0.25, -0.2) is 0 Å². The lowest BCUT2D eigenvalue weighted by Crippen LogP contribution is -2.70. The van der Waals surface area contributed by atoms with E-state index in [2.05, 4.69) is 33.8 Å². The van der Waals surface area contributed by atoms with Crippen LogP contribution in [0.2, 0.25) is 0 Å². The molecule has 4 fully saturated rings. The summed E-state index contributed by atoms with van der Waals surface area (Å²) in [5, 5.41) is 12.2. The third kappa shape index (κ3) is 4.41. The molecule has 4 saturated carbocycles. The van der Waals surface area contributed by atoms with Gasteiger partial charge in [0.05, 0.1) is 25.2 Å². The summed E-state index contributed by atoms with van der Waals surface area (Å²) in [5.74, 6) is -2.22. The van der Waals surface area contributed by atoms with E-state index in [0.29, 0.717) is 32.1 Å². The molecular weight excluding hydrogens is 576 g/mol. The van der Waals surface area contributed by atoms with Crippen LogP contribution in [-0.2, 0) is 38.1 Å². The van der Waals surface area contributed by atoms with E-state index in [4.69, 9.17) is 18.9 Å². The maximum atomic E-state index is 13.8. The summed E-state index contributed by atoms with van der Waals surface area (Å²) in [6.45, 7) is 15.3. The summed E-state index contributed by atoms with van der Waals surface area (Å²) < 4.78 is 22.6. The van der Waals surface area contributed by atoms with E-state index < -0.39 is 52.0 Å². The number of esters is 4. The zero-order valence-electron chi connectivity index (χ0n) is 28.9. The average molecular weight is 631 g/mol. The molecule has 5 aliphatic rings. The van der Waals surface area contributed by atoms with Gasteiger partial charge in [-0.05, 0) is 99.2 Å². The largest absolute Gasteiger partial charge is 0.469 e. The SMILES string of the molecule is COC(=O)[C@]12CC[C@@H](C)[C@@](C)(O)[C@H]1C1=CC[C@@H]3[C@@]4(C)C[C@@H](OC(C)=O)[C@H](OC(C)=O)[C@@](C)(C(=O)OC)[C@@H]4CC[C@@]3(C)[C@]1(C)CC2. The van der Waals surface area contributed by atoms with E-state index in [1.807, 2.05) is 13.8 Å². The van der Waals surface area contributed by atoms with Crippen molar-refractivity contribution in [2.45, 2.75) is 125 Å². The number of fused-ring (bicyclic) bond motifs is 7. The second-order valence-corrected chi connectivity index (χ2v) is 16.2. The predicted molar refractivity (Wildman–Crippen MR) is 165 cm³/mol. The highest BCUT2D eigenvalue weighted by molar-refractivity contribution is 5.80. The Morgan fingerprint density at radius 3 is 2.02 bits per heavy atom. The van der Waals surface area contributed by atoms with E-state index in [1.165, 1.54) is 28.1 Å². The van der Waals surface area contributed by atoms with E-state index >= 15 is 0 Å². The highest BCUT2D eigenvalue weighted by atomic mass is 16.6. The van der Waals surface area contributed by atoms with Crippen LogP contribution in [0, 0.1) is 50.7 Å². The fourth-order valence-corrected chi connectivity index (χ4v) is 12.0. The van der Waals surface area contributed by atoms with Crippen LogP contribution in [0.1, 0.15) is 107 Å². The molecule has 0 heterocycles. The molecular formula is C36H54O9. The van der Waals surface area contributed by atoms with Gasteiger partial charge >= 0.3 is 23.9 Å². The van der Waals surface area contributed by atoms with Gasteiger partial charge in [0.1, 0.15) is 11.5 Å². The number of ether oxygens (including phenoxy) is 4. The number of carbonyl (C=O) groups excluding carboxylic acids is 4. The zero-order chi connectivity index (χ0) is 33.5. The molecule has 0 aromatic heterocycles. The van der Waals surface area contributed by atoms with Gasteiger partial charge in [-0.15, -0.1) is 0 Å². The Bertz CT molecular complexity index is 1300. The Labute approximate surface area is 268 Å². The van der Waals surface area contributed by atoms with Gasteiger partial charge in [-0.2, -0.15) is 0 Å². The Hall–Kier alpha value is -2.42. The molecule has 0 saturated heterocycles. The van der Waals surface area contributed by atoms with Crippen LogP contribution < -0.4 is 0 Å². The third-order valence-electron chi connectivity index (χ3n) is 14.4. The summed E-state index contributed by atoms with van der Waals surface area (Å²) in [7, 11) is 2.80. The summed E-state index contributed by atoms with van der Waals surface area (Å²) in [6.07, 6.45) is 5.96. The van der Waals surface area contributed by atoms with Gasteiger partial charge in [-0.1, -0.05) is 39.3 Å². The van der Waals surface area contributed by atoms with Crippen LogP contribution in [0.15, 0.2) is 11.6 Å². The molecule has 0 unspecified atom stereocenters. The van der Waals surface area contributed by atoms with Crippen molar-refractivity contribution in [2.24, 2.45) is 50.7 Å². The first-order valence-electron chi connectivity index (χ1n) is 16.8. The average Bonchev–Trinajstić information content (AvgIpc) is 2.96. The number of aliphatic hydroxyl groups is 1. The molecule has 0 spiro atoms. The van der Waals surface area contributed by atoms with Crippen LogP contribution in [0.4, 0.5) is 0 Å². The molecule has 0 aromatic rings. The first-order valence-corrected chi connectivity index (χ1v) is 16.8. The zero-order valence-corrected chi connectivity index (χ0v) is 28.9. The lowest BCUT2D eigenvalue weighted by Gasteiger charge is -2.72. The summed E-state index contributed by atoms with van der Waals surface area (Å²) in [4.78, 5) is 52.2. The van der Waals surface area contributed by atoms with Crippen molar-refractivity contribution in [1.29, 1.82) is 0 Å². The Balaban J connectivity index is 1.67. The smallest absolute Gasteiger partial charge is 0.315 e. The van der Waals surface area contributed by atoms with Crippen molar-refractivity contribution in [3.05, 3.63) is 11.6 Å². The van der Waals surface area contributed by atoms with Crippen molar-refractivity contribution in [3.8, 4) is 0 Å². The van der Waals surface area contributed by atoms with Crippen molar-refractivity contribution in [2.75, 3.05) is 14.2 Å². The van der Waals surface area contributed by atoms with Crippen LogP contribution in [-0.4, -0.2) is 61.0 Å². The minimum atomic E-state index is -1.24. The molecule has 1 N–H and O–H groups in total. The van der Waals surface area contributed by atoms with Crippen LogP contribution in [0.25, 0.3) is 0 Å². The monoisotopic (exact) mass is 630 g/mol. The minimum Gasteiger partial charge on any atom is -0.469 e. The summed E-state index contributed by atoms with van der Waals surface area (Å²) in [6, 6.07) is 0. The minimum absolute atomic E-state index is 0.0177. The molecule has 252 valence electrons. The number of carbonyl (C=O) groups is 4. The lowest BCUT2D eigenvalue weighted by atomic mass is 9.32. The normalized spacial score (nSPS) is 48.6. The van der Waals surface area contributed by atoms with Crippen molar-refractivity contribution < 1.29 is 43.2 Å². The van der Waals surface area contributed by atoms with Gasteiger partial charge < -0.3 is 24.1 Å². The molecule has 0 aliphatic heterocycles. The fraction of sp³-hybridized carbons (Fsp3) is 0.833. The molecule has 0 aromatic carbocycles. The number of allylic oxidation sites excluding steroid dienone is 1. The third-order valence-corrected chi connectivity index (χ3v) is 14.4. The standard InChI is InChI=1S/C36H54O9/c1-20-13-16-36(30(40)43-10)18-17-32(5)23(27(36)35(20,8)41)11-12-25-31(4)19-24(44-21(2)37)28(45-22(3)38)34(7,29(39)42-9)26(31)14-15-33(25,32)6/h11,20,24-28,41H,12-19H2,1-10H3/t20-,24-,25-,26-,27-,28+,31-,32-,33-,34+,35-,36+/m1/s1. The van der Waals surface area contributed by atoms with E-state index in [9.17, 15) is 24.3 Å².